The number of carbonyl (C=O) groups is 2. The molecule has 138 valence electrons. The molecule has 2 amide bonds. The first kappa shape index (κ1) is 20.3. The predicted octanol–water partition coefficient (Wildman–Crippen LogP) is 4.90. The summed E-state index contributed by atoms with van der Waals surface area (Å²) in [6.07, 6.45) is 0. The largest absolute Gasteiger partial charge is 0.350 e. The van der Waals surface area contributed by atoms with Gasteiger partial charge in [-0.05, 0) is 35.7 Å². The fraction of sp³-hybridized carbons (Fsp3) is 0.300. The standard InChI is InChI=1S/C20H22Cl2N2O2/c1-13(2)16-6-4-5-7-19(16)24(14(3)25)11-10-23-20(26)15-8-9-17(21)18(22)12-15/h4-9,12-13H,10-11H2,1-3H3,(H,23,26). The van der Waals surface area contributed by atoms with Gasteiger partial charge in [-0.3, -0.25) is 9.59 Å². The van der Waals surface area contributed by atoms with Crippen LogP contribution in [0.25, 0.3) is 0 Å². The smallest absolute Gasteiger partial charge is 0.251 e. The van der Waals surface area contributed by atoms with E-state index in [2.05, 4.69) is 19.2 Å². The highest BCUT2D eigenvalue weighted by Crippen LogP contribution is 2.27. The third-order valence-electron chi connectivity index (χ3n) is 4.03. The van der Waals surface area contributed by atoms with Crippen LogP contribution in [-0.2, 0) is 4.79 Å². The van der Waals surface area contributed by atoms with Crippen LogP contribution in [-0.4, -0.2) is 24.9 Å². The van der Waals surface area contributed by atoms with Crippen molar-refractivity contribution in [3.8, 4) is 0 Å². The van der Waals surface area contributed by atoms with Crippen LogP contribution in [0.5, 0.6) is 0 Å². The van der Waals surface area contributed by atoms with Gasteiger partial charge in [0.05, 0.1) is 10.0 Å². The maximum Gasteiger partial charge on any atom is 0.251 e. The minimum absolute atomic E-state index is 0.0677. The SMILES string of the molecule is CC(=O)N(CCNC(=O)c1ccc(Cl)c(Cl)c1)c1ccccc1C(C)C. The zero-order chi connectivity index (χ0) is 19.3. The fourth-order valence-electron chi connectivity index (χ4n) is 2.69. The summed E-state index contributed by atoms with van der Waals surface area (Å²) in [6, 6.07) is 12.5. The molecular formula is C20H22Cl2N2O2. The number of halogens is 2. The molecule has 1 N–H and O–H groups in total. The van der Waals surface area contributed by atoms with Crippen molar-refractivity contribution in [3.63, 3.8) is 0 Å². The van der Waals surface area contributed by atoms with Crippen LogP contribution in [0, 0.1) is 0 Å². The summed E-state index contributed by atoms with van der Waals surface area (Å²) in [4.78, 5) is 26.1. The number of nitrogens with zero attached hydrogens (tertiary/aromatic N) is 1. The summed E-state index contributed by atoms with van der Waals surface area (Å²) >= 11 is 11.8. The van der Waals surface area contributed by atoms with Gasteiger partial charge in [-0.2, -0.15) is 0 Å². The van der Waals surface area contributed by atoms with Crippen LogP contribution in [0.15, 0.2) is 42.5 Å². The van der Waals surface area contributed by atoms with Gasteiger partial charge in [-0.1, -0.05) is 55.2 Å². The summed E-state index contributed by atoms with van der Waals surface area (Å²) in [5, 5.41) is 3.54. The summed E-state index contributed by atoms with van der Waals surface area (Å²) in [5.41, 5.74) is 2.40. The number of rotatable bonds is 6. The van der Waals surface area contributed by atoms with E-state index in [0.29, 0.717) is 34.6 Å². The van der Waals surface area contributed by atoms with Gasteiger partial charge in [-0.15, -0.1) is 0 Å². The van der Waals surface area contributed by atoms with E-state index in [1.807, 2.05) is 24.3 Å². The molecule has 0 saturated carbocycles. The van der Waals surface area contributed by atoms with E-state index < -0.39 is 0 Å². The molecule has 0 spiro atoms. The van der Waals surface area contributed by atoms with Crippen LogP contribution in [0.4, 0.5) is 5.69 Å². The highest BCUT2D eigenvalue weighted by atomic mass is 35.5. The van der Waals surface area contributed by atoms with Crippen molar-refractivity contribution in [2.75, 3.05) is 18.0 Å². The zero-order valence-corrected chi connectivity index (χ0v) is 16.6. The molecule has 0 fully saturated rings. The Labute approximate surface area is 164 Å². The Morgan fingerprint density at radius 2 is 1.77 bits per heavy atom. The number of hydrogen-bond donors (Lipinski definition) is 1. The van der Waals surface area contributed by atoms with Crippen LogP contribution < -0.4 is 10.2 Å². The Balaban J connectivity index is 2.07. The Morgan fingerprint density at radius 1 is 1.08 bits per heavy atom. The molecule has 26 heavy (non-hydrogen) atoms. The molecule has 0 unspecified atom stereocenters. The summed E-state index contributed by atoms with van der Waals surface area (Å²) in [7, 11) is 0. The summed E-state index contributed by atoms with van der Waals surface area (Å²) in [5.74, 6) is -0.0371. The van der Waals surface area contributed by atoms with Crippen LogP contribution in [0.1, 0.15) is 42.6 Å². The van der Waals surface area contributed by atoms with E-state index in [9.17, 15) is 9.59 Å². The first-order valence-electron chi connectivity index (χ1n) is 8.41. The third-order valence-corrected chi connectivity index (χ3v) is 4.77. The molecule has 0 aliphatic heterocycles. The van der Waals surface area contributed by atoms with Crippen molar-refractivity contribution < 1.29 is 9.59 Å². The Hall–Kier alpha value is -2.04. The van der Waals surface area contributed by atoms with Crippen molar-refractivity contribution in [2.24, 2.45) is 0 Å². The maximum absolute atomic E-state index is 12.3. The molecule has 2 aromatic rings. The zero-order valence-electron chi connectivity index (χ0n) is 15.1. The van der Waals surface area contributed by atoms with E-state index in [1.54, 1.807) is 17.0 Å². The van der Waals surface area contributed by atoms with Gasteiger partial charge in [0.2, 0.25) is 5.91 Å². The maximum atomic E-state index is 12.3. The topological polar surface area (TPSA) is 49.4 Å². The average Bonchev–Trinajstić information content (AvgIpc) is 2.60. The fourth-order valence-corrected chi connectivity index (χ4v) is 2.99. The predicted molar refractivity (Wildman–Crippen MR) is 107 cm³/mol. The Kier molecular flexibility index (Phi) is 7.06. The Morgan fingerprint density at radius 3 is 2.38 bits per heavy atom. The number of amides is 2. The first-order valence-corrected chi connectivity index (χ1v) is 9.17. The minimum atomic E-state index is -0.260. The lowest BCUT2D eigenvalue weighted by Crippen LogP contribution is -2.38. The van der Waals surface area contributed by atoms with Gasteiger partial charge in [0.15, 0.2) is 0 Å². The highest BCUT2D eigenvalue weighted by molar-refractivity contribution is 6.42. The second-order valence-corrected chi connectivity index (χ2v) is 7.08. The van der Waals surface area contributed by atoms with Gasteiger partial charge in [-0.25, -0.2) is 0 Å². The number of benzene rings is 2. The first-order chi connectivity index (χ1) is 12.3. The van der Waals surface area contributed by atoms with Crippen LogP contribution >= 0.6 is 23.2 Å². The molecule has 0 saturated heterocycles. The summed E-state index contributed by atoms with van der Waals surface area (Å²) in [6.45, 7) is 6.40. The van der Waals surface area contributed by atoms with Crippen LogP contribution in [0.2, 0.25) is 10.0 Å². The molecule has 2 aromatic carbocycles. The van der Waals surface area contributed by atoms with Crippen molar-refractivity contribution >= 4 is 40.7 Å². The second-order valence-electron chi connectivity index (χ2n) is 6.27. The van der Waals surface area contributed by atoms with Crippen molar-refractivity contribution in [1.29, 1.82) is 0 Å². The molecule has 0 aliphatic rings. The highest BCUT2D eigenvalue weighted by Gasteiger charge is 2.17. The van der Waals surface area contributed by atoms with E-state index in [-0.39, 0.29) is 11.8 Å². The molecule has 0 atom stereocenters. The van der Waals surface area contributed by atoms with Gasteiger partial charge < -0.3 is 10.2 Å². The van der Waals surface area contributed by atoms with E-state index in [4.69, 9.17) is 23.2 Å². The minimum Gasteiger partial charge on any atom is -0.350 e. The number of anilines is 1. The second kappa shape index (κ2) is 9.06. The molecule has 0 aromatic heterocycles. The lowest BCUT2D eigenvalue weighted by molar-refractivity contribution is -0.116. The van der Waals surface area contributed by atoms with Gasteiger partial charge in [0.25, 0.3) is 5.91 Å². The Bertz CT molecular complexity index is 806. The average molecular weight is 393 g/mol. The van der Waals surface area contributed by atoms with Crippen LogP contribution in [0.3, 0.4) is 0 Å². The lowest BCUT2D eigenvalue weighted by Gasteiger charge is -2.25. The number of hydrogen-bond acceptors (Lipinski definition) is 2. The number of para-hydroxylation sites is 1. The molecular weight excluding hydrogens is 371 g/mol. The molecule has 0 bridgehead atoms. The van der Waals surface area contributed by atoms with Crippen molar-refractivity contribution in [1.82, 2.24) is 5.32 Å². The van der Waals surface area contributed by atoms with Crippen molar-refractivity contribution in [3.05, 3.63) is 63.6 Å². The molecule has 0 heterocycles. The molecule has 0 radical (unpaired) electrons. The third kappa shape index (κ3) is 4.99. The summed E-state index contributed by atoms with van der Waals surface area (Å²) < 4.78 is 0. The molecule has 0 aliphatic carbocycles. The molecule has 6 heteroatoms. The van der Waals surface area contributed by atoms with E-state index in [0.717, 1.165) is 11.3 Å². The van der Waals surface area contributed by atoms with Gasteiger partial charge in [0.1, 0.15) is 0 Å². The van der Waals surface area contributed by atoms with Gasteiger partial charge >= 0.3 is 0 Å². The van der Waals surface area contributed by atoms with E-state index >= 15 is 0 Å². The van der Waals surface area contributed by atoms with Gasteiger partial charge in [0, 0.05) is 31.3 Å². The van der Waals surface area contributed by atoms with Crippen molar-refractivity contribution in [2.45, 2.75) is 26.7 Å². The molecule has 2 rings (SSSR count). The monoisotopic (exact) mass is 392 g/mol. The normalized spacial score (nSPS) is 10.7. The number of nitrogens with one attached hydrogen (secondary N) is 1. The quantitative estimate of drug-likeness (QED) is 0.759. The molecule has 4 nitrogen and oxygen atoms in total. The lowest BCUT2D eigenvalue weighted by atomic mass is 10.0. The van der Waals surface area contributed by atoms with E-state index in [1.165, 1.54) is 13.0 Å². The number of carbonyl (C=O) groups excluding carboxylic acids is 2.